The summed E-state index contributed by atoms with van der Waals surface area (Å²) in [4.78, 5) is 16.1. The van der Waals surface area contributed by atoms with Crippen LogP contribution in [0.15, 0.2) is 207 Å². The van der Waals surface area contributed by atoms with Crippen molar-refractivity contribution in [2.75, 3.05) is 0 Å². The van der Waals surface area contributed by atoms with Gasteiger partial charge in [-0.2, -0.15) is 0 Å². The van der Waals surface area contributed by atoms with E-state index in [-0.39, 0.29) is 0 Å². The van der Waals surface area contributed by atoms with E-state index in [1.54, 1.807) is 0 Å². The second-order valence-corrected chi connectivity index (χ2v) is 17.1. The van der Waals surface area contributed by atoms with E-state index >= 15 is 0 Å². The van der Waals surface area contributed by atoms with Gasteiger partial charge in [0.05, 0.1) is 27.8 Å². The highest BCUT2D eigenvalue weighted by molar-refractivity contribution is 6.19. The van der Waals surface area contributed by atoms with E-state index in [0.29, 0.717) is 28.6 Å². The van der Waals surface area contributed by atoms with Gasteiger partial charge in [0.1, 0.15) is 27.9 Å². The molecule has 306 valence electrons. The van der Waals surface area contributed by atoms with E-state index in [1.165, 1.54) is 5.39 Å². The van der Waals surface area contributed by atoms with Crippen molar-refractivity contribution >= 4 is 109 Å². The predicted octanol–water partition coefficient (Wildman–Crippen LogP) is 16.0. The molecule has 0 amide bonds. The van der Waals surface area contributed by atoms with Gasteiger partial charge in [0.2, 0.25) is 0 Å². The largest absolute Gasteiger partial charge is 0.455 e. The predicted molar refractivity (Wildman–Crippen MR) is 267 cm³/mol. The molecule has 0 radical (unpaired) electrons. The lowest BCUT2D eigenvalue weighted by Crippen LogP contribution is -2.02. The zero-order valence-electron chi connectivity index (χ0n) is 35.0. The van der Waals surface area contributed by atoms with Crippen LogP contribution in [0.5, 0.6) is 0 Å². The van der Waals surface area contributed by atoms with Crippen molar-refractivity contribution in [3.05, 3.63) is 194 Å². The van der Waals surface area contributed by atoms with Crippen molar-refractivity contribution in [1.82, 2.24) is 19.5 Å². The molecule has 0 aliphatic rings. The van der Waals surface area contributed by atoms with Crippen LogP contribution < -0.4 is 0 Å². The molecule has 0 saturated heterocycles. The van der Waals surface area contributed by atoms with E-state index in [0.717, 1.165) is 115 Å². The number of rotatable bonds is 4. The van der Waals surface area contributed by atoms with Gasteiger partial charge in [-0.05, 0) is 76.8 Å². The SMILES string of the molecule is c1ccc2cc3c(cc2c1)c1ccccc1n3-c1cc(-c2nc(-c3cccc4c3oc3ccccc34)nc(-c3cccc4c3oc3ccccc34)n2)cc2c1oc1c3ccccc3ccc21. The second kappa shape index (κ2) is 13.2. The summed E-state index contributed by atoms with van der Waals surface area (Å²) in [6, 6.07) is 67.4. The Morgan fingerprint density at radius 3 is 1.55 bits per heavy atom. The molecule has 15 rings (SSSR count). The Labute approximate surface area is 374 Å². The highest BCUT2D eigenvalue weighted by Crippen LogP contribution is 2.44. The fraction of sp³-hybridized carbons (Fsp3) is 0. The Morgan fingerprint density at radius 1 is 0.303 bits per heavy atom. The summed E-state index contributed by atoms with van der Waals surface area (Å²) in [5.41, 5.74) is 9.99. The Balaban J connectivity index is 1.07. The summed E-state index contributed by atoms with van der Waals surface area (Å²) >= 11 is 0. The third-order valence-electron chi connectivity index (χ3n) is 13.4. The topological polar surface area (TPSA) is 83.0 Å². The number of aromatic nitrogens is 4. The van der Waals surface area contributed by atoms with Crippen molar-refractivity contribution < 1.29 is 13.3 Å². The molecule has 0 unspecified atom stereocenters. The maximum Gasteiger partial charge on any atom is 0.167 e. The minimum Gasteiger partial charge on any atom is -0.455 e. The van der Waals surface area contributed by atoms with Gasteiger partial charge in [0.15, 0.2) is 23.1 Å². The molecule has 0 fully saturated rings. The number of benzene rings is 10. The van der Waals surface area contributed by atoms with Crippen molar-refractivity contribution in [1.29, 1.82) is 0 Å². The molecule has 0 aliphatic heterocycles. The van der Waals surface area contributed by atoms with Crippen LogP contribution in [0.3, 0.4) is 0 Å². The van der Waals surface area contributed by atoms with E-state index < -0.39 is 0 Å². The van der Waals surface area contributed by atoms with E-state index in [4.69, 9.17) is 28.2 Å². The van der Waals surface area contributed by atoms with E-state index in [9.17, 15) is 0 Å². The molecule has 0 atom stereocenters. The number of hydrogen-bond donors (Lipinski definition) is 0. The maximum absolute atomic E-state index is 7.14. The molecule has 5 aromatic heterocycles. The van der Waals surface area contributed by atoms with Crippen LogP contribution in [0.2, 0.25) is 0 Å². The summed E-state index contributed by atoms with van der Waals surface area (Å²) in [7, 11) is 0. The quantitative estimate of drug-likeness (QED) is 0.175. The van der Waals surface area contributed by atoms with Crippen molar-refractivity contribution in [3.63, 3.8) is 0 Å². The Bertz CT molecular complexity index is 4420. The van der Waals surface area contributed by atoms with Gasteiger partial charge in [-0.25, -0.2) is 15.0 Å². The van der Waals surface area contributed by atoms with Crippen molar-refractivity contribution in [3.8, 4) is 39.9 Å². The van der Waals surface area contributed by atoms with Crippen LogP contribution in [-0.2, 0) is 0 Å². The molecule has 0 N–H and O–H groups in total. The first kappa shape index (κ1) is 35.4. The highest BCUT2D eigenvalue weighted by Gasteiger charge is 2.24. The van der Waals surface area contributed by atoms with Gasteiger partial charge in [0.25, 0.3) is 0 Å². The first-order valence-electron chi connectivity index (χ1n) is 22.1. The standard InChI is InChI=1S/C59H32N4O3/c1-2-15-35-31-49-46(29-34(35)14-1)38-17-5-8-24-48(38)63(49)50-32-36(30-47-43-28-27-33-13-3-4-16-37(33)53(43)66-56(47)50)57-60-58(44-22-11-20-41-39-18-6-9-25-51(39)64-54(41)44)62-59(61-57)45-23-12-21-42-40-19-7-10-26-52(40)65-55(42)45/h1-32H. The van der Waals surface area contributed by atoms with Gasteiger partial charge < -0.3 is 17.8 Å². The first-order valence-corrected chi connectivity index (χ1v) is 22.1. The van der Waals surface area contributed by atoms with Gasteiger partial charge >= 0.3 is 0 Å². The fourth-order valence-corrected chi connectivity index (χ4v) is 10.4. The van der Waals surface area contributed by atoms with Crippen molar-refractivity contribution in [2.24, 2.45) is 0 Å². The molecule has 0 bridgehead atoms. The van der Waals surface area contributed by atoms with Gasteiger partial charge in [0, 0.05) is 54.0 Å². The maximum atomic E-state index is 7.14. The zero-order valence-corrected chi connectivity index (χ0v) is 35.0. The van der Waals surface area contributed by atoms with Gasteiger partial charge in [-0.15, -0.1) is 0 Å². The molecule has 7 nitrogen and oxygen atoms in total. The number of para-hydroxylation sites is 5. The average Bonchev–Trinajstić information content (AvgIpc) is 4.14. The minimum atomic E-state index is 0.487. The molecule has 0 aliphatic carbocycles. The molecule has 5 heterocycles. The van der Waals surface area contributed by atoms with Crippen LogP contribution >= 0.6 is 0 Å². The van der Waals surface area contributed by atoms with Crippen molar-refractivity contribution in [2.45, 2.75) is 0 Å². The summed E-state index contributed by atoms with van der Waals surface area (Å²) in [6.07, 6.45) is 0. The molecule has 7 heteroatoms. The summed E-state index contributed by atoms with van der Waals surface area (Å²) in [6.45, 7) is 0. The molecule has 10 aromatic carbocycles. The lowest BCUT2D eigenvalue weighted by Gasteiger charge is -2.13. The molecule has 15 aromatic rings. The summed E-state index contributed by atoms with van der Waals surface area (Å²) in [5, 5.41) is 12.8. The highest BCUT2D eigenvalue weighted by atomic mass is 16.3. The van der Waals surface area contributed by atoms with Crippen LogP contribution in [0.4, 0.5) is 0 Å². The number of fused-ring (bicyclic) bond motifs is 15. The Hall–Kier alpha value is -9.07. The molecule has 66 heavy (non-hydrogen) atoms. The smallest absolute Gasteiger partial charge is 0.167 e. The van der Waals surface area contributed by atoms with Crippen LogP contribution in [0.1, 0.15) is 0 Å². The fourth-order valence-electron chi connectivity index (χ4n) is 10.4. The Morgan fingerprint density at radius 2 is 0.848 bits per heavy atom. The van der Waals surface area contributed by atoms with Crippen LogP contribution in [-0.4, -0.2) is 19.5 Å². The zero-order chi connectivity index (χ0) is 43.0. The lowest BCUT2D eigenvalue weighted by atomic mass is 10.0. The third kappa shape index (κ3) is 4.99. The molecule has 0 saturated carbocycles. The second-order valence-electron chi connectivity index (χ2n) is 17.1. The molecular formula is C59H32N4O3. The van der Waals surface area contributed by atoms with Crippen LogP contribution in [0, 0.1) is 0 Å². The van der Waals surface area contributed by atoms with E-state index in [2.05, 4.69) is 138 Å². The van der Waals surface area contributed by atoms with E-state index in [1.807, 2.05) is 60.7 Å². The number of hydrogen-bond acceptors (Lipinski definition) is 6. The monoisotopic (exact) mass is 844 g/mol. The van der Waals surface area contributed by atoms with Crippen LogP contribution in [0.25, 0.3) is 149 Å². The lowest BCUT2D eigenvalue weighted by molar-refractivity contribution is 0.669. The molecule has 0 spiro atoms. The van der Waals surface area contributed by atoms with Gasteiger partial charge in [-0.1, -0.05) is 133 Å². The minimum absolute atomic E-state index is 0.487. The normalized spacial score (nSPS) is 12.2. The summed E-state index contributed by atoms with van der Waals surface area (Å²) in [5.74, 6) is 1.47. The number of nitrogens with zero attached hydrogens (tertiary/aromatic N) is 4. The third-order valence-corrected chi connectivity index (χ3v) is 13.4. The average molecular weight is 845 g/mol. The molecular weight excluding hydrogens is 813 g/mol. The van der Waals surface area contributed by atoms with Gasteiger partial charge in [-0.3, -0.25) is 0 Å². The first-order chi connectivity index (χ1) is 32.7. The Kier molecular flexibility index (Phi) is 7.10. The number of furan rings is 3. The summed E-state index contributed by atoms with van der Waals surface area (Å²) < 4.78 is 22.7.